The largest absolute Gasteiger partial charge is 0.481 e. The van der Waals surface area contributed by atoms with Gasteiger partial charge in [-0.25, -0.2) is 22.2 Å². The monoisotopic (exact) mass is 585 g/mol. The summed E-state index contributed by atoms with van der Waals surface area (Å²) in [6.07, 6.45) is -0.0226. The Morgan fingerprint density at radius 3 is 2.68 bits per heavy atom. The van der Waals surface area contributed by atoms with E-state index in [1.54, 1.807) is 25.1 Å². The number of pyridine rings is 2. The molecule has 4 aromatic rings. The Labute approximate surface area is 235 Å². The summed E-state index contributed by atoms with van der Waals surface area (Å²) in [5.74, 6) is -2.12. The van der Waals surface area contributed by atoms with E-state index in [-0.39, 0.29) is 35.9 Å². The van der Waals surface area contributed by atoms with Gasteiger partial charge in [-0.3, -0.25) is 9.20 Å². The van der Waals surface area contributed by atoms with Gasteiger partial charge >= 0.3 is 5.97 Å². The molecule has 0 radical (unpaired) electrons. The predicted octanol–water partition coefficient (Wildman–Crippen LogP) is 4.65. The molecule has 3 aromatic heterocycles. The number of rotatable bonds is 8. The Morgan fingerprint density at radius 2 is 1.98 bits per heavy atom. The Balaban J connectivity index is 1.56. The highest BCUT2D eigenvalue weighted by Gasteiger charge is 2.35. The number of halogens is 2. The van der Waals surface area contributed by atoms with E-state index in [2.05, 4.69) is 15.2 Å². The number of aryl methyl sites for hydroxylation is 2. The lowest BCUT2D eigenvalue weighted by Crippen LogP contribution is -2.36. The van der Waals surface area contributed by atoms with Crippen molar-refractivity contribution in [2.45, 2.75) is 63.5 Å². The highest BCUT2D eigenvalue weighted by atomic mass is 32.2. The zero-order chi connectivity index (χ0) is 29.5. The van der Waals surface area contributed by atoms with E-state index < -0.39 is 40.3 Å². The molecule has 1 aliphatic heterocycles. The van der Waals surface area contributed by atoms with Gasteiger partial charge in [0.05, 0.1) is 13.0 Å². The number of aromatic nitrogens is 4. The van der Waals surface area contributed by atoms with Crippen LogP contribution >= 0.6 is 0 Å². The van der Waals surface area contributed by atoms with E-state index >= 15 is 0 Å². The maximum absolute atomic E-state index is 13.7. The van der Waals surface area contributed by atoms with Crippen LogP contribution in [0.2, 0.25) is 0 Å². The molecule has 4 heterocycles. The van der Waals surface area contributed by atoms with Crippen LogP contribution in [0.3, 0.4) is 0 Å². The van der Waals surface area contributed by atoms with Crippen molar-refractivity contribution in [1.82, 2.24) is 23.9 Å². The molecule has 41 heavy (non-hydrogen) atoms. The second-order valence-corrected chi connectivity index (χ2v) is 11.9. The molecule has 1 aliphatic rings. The van der Waals surface area contributed by atoms with Crippen LogP contribution in [0, 0.1) is 13.8 Å². The Kier molecular flexibility index (Phi) is 7.75. The average Bonchev–Trinajstić information content (AvgIpc) is 3.34. The number of carboxylic acids is 1. The number of hydrogen-bond acceptors (Lipinski definition) is 7. The second-order valence-electron chi connectivity index (χ2n) is 10.0. The topological polar surface area (TPSA) is 127 Å². The van der Waals surface area contributed by atoms with E-state index in [0.29, 0.717) is 28.7 Å². The molecule has 5 rings (SSSR count). The summed E-state index contributed by atoms with van der Waals surface area (Å²) in [5, 5.41) is 17.3. The maximum Gasteiger partial charge on any atom is 0.304 e. The number of carboxylic acid groups (broad SMARTS) is 1. The normalized spacial score (nSPS) is 17.7. The summed E-state index contributed by atoms with van der Waals surface area (Å²) in [6, 6.07) is 10.1. The number of benzene rings is 1. The fourth-order valence-corrected chi connectivity index (χ4v) is 6.70. The van der Waals surface area contributed by atoms with Crippen LogP contribution in [0.4, 0.5) is 8.78 Å². The van der Waals surface area contributed by atoms with Crippen molar-refractivity contribution in [3.05, 3.63) is 82.4 Å². The first-order valence-electron chi connectivity index (χ1n) is 13.1. The molecular formula is C28H29F2N5O5S. The number of ether oxygens (including phenoxy) is 1. The molecule has 0 fully saturated rings. The van der Waals surface area contributed by atoms with Crippen molar-refractivity contribution in [3.8, 4) is 5.88 Å². The van der Waals surface area contributed by atoms with Gasteiger partial charge in [-0.2, -0.15) is 4.31 Å². The van der Waals surface area contributed by atoms with Crippen molar-refractivity contribution in [3.63, 3.8) is 0 Å². The van der Waals surface area contributed by atoms with Crippen molar-refractivity contribution in [2.75, 3.05) is 6.54 Å². The van der Waals surface area contributed by atoms with Crippen molar-refractivity contribution in [2.24, 2.45) is 0 Å². The van der Waals surface area contributed by atoms with Crippen molar-refractivity contribution in [1.29, 1.82) is 0 Å². The molecule has 0 amide bonds. The van der Waals surface area contributed by atoms with Gasteiger partial charge in [-0.1, -0.05) is 25.1 Å². The Morgan fingerprint density at radius 1 is 1.20 bits per heavy atom. The van der Waals surface area contributed by atoms with Crippen LogP contribution < -0.4 is 4.74 Å². The summed E-state index contributed by atoms with van der Waals surface area (Å²) >= 11 is 0. The molecule has 216 valence electrons. The molecule has 10 nitrogen and oxygen atoms in total. The molecular weight excluding hydrogens is 556 g/mol. The van der Waals surface area contributed by atoms with Crippen LogP contribution in [0.25, 0.3) is 5.65 Å². The minimum absolute atomic E-state index is 0.00564. The van der Waals surface area contributed by atoms with Crippen LogP contribution in [-0.4, -0.2) is 56.0 Å². The Bertz CT molecular complexity index is 1730. The quantitative estimate of drug-likeness (QED) is 0.317. The lowest BCUT2D eigenvalue weighted by molar-refractivity contribution is -0.137. The second kappa shape index (κ2) is 11.1. The van der Waals surface area contributed by atoms with Gasteiger partial charge in [0, 0.05) is 24.9 Å². The SMILES string of the molecule is CC[C@@H]1CN(Cc2cc([C@@H](CC(=O)O)c3ccn4c(C(F)F)nnc4c3C)ccc2C)S(=O)(=O)c2cccnc2O1. The number of aliphatic carboxylic acids is 1. The molecule has 1 N–H and O–H groups in total. The smallest absolute Gasteiger partial charge is 0.304 e. The third kappa shape index (κ3) is 5.38. The third-order valence-corrected chi connectivity index (χ3v) is 9.28. The van der Waals surface area contributed by atoms with Crippen LogP contribution in [0.5, 0.6) is 5.88 Å². The maximum atomic E-state index is 13.7. The van der Waals surface area contributed by atoms with Gasteiger partial charge in [0.1, 0.15) is 11.0 Å². The zero-order valence-electron chi connectivity index (χ0n) is 22.7. The number of nitrogens with zero attached hydrogens (tertiary/aromatic N) is 5. The minimum atomic E-state index is -3.94. The van der Waals surface area contributed by atoms with Crippen LogP contribution in [0.15, 0.2) is 53.7 Å². The number of sulfonamides is 1. The molecule has 0 aliphatic carbocycles. The highest BCUT2D eigenvalue weighted by Crippen LogP contribution is 2.35. The van der Waals surface area contributed by atoms with Gasteiger partial charge in [-0.15, -0.1) is 10.2 Å². The first-order chi connectivity index (χ1) is 19.5. The van der Waals surface area contributed by atoms with Crippen LogP contribution in [-0.2, 0) is 21.4 Å². The predicted molar refractivity (Wildman–Crippen MR) is 144 cm³/mol. The third-order valence-electron chi connectivity index (χ3n) is 7.46. The highest BCUT2D eigenvalue weighted by molar-refractivity contribution is 7.89. The average molecular weight is 586 g/mol. The molecule has 13 heteroatoms. The van der Waals surface area contributed by atoms with Crippen LogP contribution in [0.1, 0.15) is 65.8 Å². The van der Waals surface area contributed by atoms with E-state index in [1.165, 1.54) is 27.2 Å². The standard InChI is InChI=1S/C28H29F2N5O5S/c1-4-20-15-34(41(38,39)23-6-5-10-31-28(23)40-20)14-19-12-18(8-7-16(19)2)22(13-24(36)37)21-9-11-35-26(17(21)3)32-33-27(35)25(29)30/h5-12,20,22,25H,4,13-15H2,1-3H3,(H,36,37)/t20-,22-/m1/s1. The van der Waals surface area contributed by atoms with E-state index in [9.17, 15) is 27.1 Å². The van der Waals surface area contributed by atoms with E-state index in [0.717, 1.165) is 5.56 Å². The summed E-state index contributed by atoms with van der Waals surface area (Å²) in [6.45, 7) is 5.62. The summed E-state index contributed by atoms with van der Waals surface area (Å²) in [5.41, 5.74) is 3.52. The van der Waals surface area contributed by atoms with E-state index in [4.69, 9.17) is 4.74 Å². The lowest BCUT2D eigenvalue weighted by Gasteiger charge is -2.25. The Hall–Kier alpha value is -3.97. The summed E-state index contributed by atoms with van der Waals surface area (Å²) in [4.78, 5) is 16.1. The number of carbonyl (C=O) groups is 1. The minimum Gasteiger partial charge on any atom is -0.481 e. The molecule has 0 saturated carbocycles. The van der Waals surface area contributed by atoms with Crippen molar-refractivity contribution >= 4 is 21.6 Å². The number of hydrogen-bond donors (Lipinski definition) is 1. The van der Waals surface area contributed by atoms with Gasteiger partial charge < -0.3 is 9.84 Å². The van der Waals surface area contributed by atoms with Crippen molar-refractivity contribution < 1.29 is 31.8 Å². The fourth-order valence-electron chi connectivity index (χ4n) is 5.17. The first kappa shape index (κ1) is 28.6. The summed E-state index contributed by atoms with van der Waals surface area (Å²) < 4.78 is 62.6. The molecule has 0 spiro atoms. The van der Waals surface area contributed by atoms with Gasteiger partial charge in [0.25, 0.3) is 6.43 Å². The number of fused-ring (bicyclic) bond motifs is 2. The molecule has 0 bridgehead atoms. The molecule has 1 aromatic carbocycles. The first-order valence-corrected chi connectivity index (χ1v) is 14.5. The zero-order valence-corrected chi connectivity index (χ0v) is 23.5. The summed E-state index contributed by atoms with van der Waals surface area (Å²) in [7, 11) is -3.94. The molecule has 0 saturated heterocycles. The lowest BCUT2D eigenvalue weighted by atomic mass is 9.85. The molecule has 2 atom stereocenters. The van der Waals surface area contributed by atoms with Gasteiger partial charge in [0.2, 0.25) is 21.7 Å². The number of alkyl halides is 2. The fraction of sp³-hybridized carbons (Fsp3) is 0.357. The van der Waals surface area contributed by atoms with Gasteiger partial charge in [0.15, 0.2) is 5.65 Å². The molecule has 0 unspecified atom stereocenters. The van der Waals surface area contributed by atoms with Gasteiger partial charge in [-0.05, 0) is 66.3 Å². The van der Waals surface area contributed by atoms with E-state index in [1.807, 2.05) is 26.0 Å².